The second kappa shape index (κ2) is 7.85. The number of carbonyl (C=O) groups excluding carboxylic acids is 2. The van der Waals surface area contributed by atoms with Gasteiger partial charge in [0.1, 0.15) is 0 Å². The zero-order valence-electron chi connectivity index (χ0n) is 15.6. The molecule has 150 valence electrons. The van der Waals surface area contributed by atoms with Gasteiger partial charge in [-0.2, -0.15) is 11.8 Å². The van der Waals surface area contributed by atoms with Gasteiger partial charge in [0.2, 0.25) is 15.8 Å². The third kappa shape index (κ3) is 3.92. The van der Waals surface area contributed by atoms with Crippen LogP contribution in [0.5, 0.6) is 0 Å². The standard InChI is InChI=1S/C21H20N2O4S2/c22-29(26,27)19-7-3-5-15-20(19)18(24)12-17(21(15)25)23-16-6-2-1-4-14(16)13-8-10-28-11-9-13/h1-7,13H,8-12H2,(H2,22,26,27). The van der Waals surface area contributed by atoms with E-state index in [2.05, 4.69) is 4.99 Å². The molecule has 8 heteroatoms. The molecule has 1 aliphatic heterocycles. The molecule has 1 heterocycles. The number of aliphatic imine (C=N–C) groups is 1. The normalized spacial score (nSPS) is 19.4. The van der Waals surface area contributed by atoms with E-state index in [0.29, 0.717) is 11.6 Å². The maximum absolute atomic E-state index is 13.0. The number of hydrogen-bond donors (Lipinski definition) is 1. The van der Waals surface area contributed by atoms with Gasteiger partial charge < -0.3 is 0 Å². The number of nitrogens with two attached hydrogens (primary N) is 1. The Kier molecular flexibility index (Phi) is 5.42. The van der Waals surface area contributed by atoms with Gasteiger partial charge in [0, 0.05) is 11.1 Å². The molecular weight excluding hydrogens is 408 g/mol. The summed E-state index contributed by atoms with van der Waals surface area (Å²) in [7, 11) is -4.11. The molecule has 0 unspecified atom stereocenters. The second-order valence-electron chi connectivity index (χ2n) is 7.16. The Hall–Kier alpha value is -2.29. The number of primary sulfonamides is 1. The number of rotatable bonds is 3. The summed E-state index contributed by atoms with van der Waals surface area (Å²) < 4.78 is 23.7. The van der Waals surface area contributed by atoms with E-state index in [9.17, 15) is 18.0 Å². The topological polar surface area (TPSA) is 107 Å². The molecule has 0 aromatic heterocycles. The quantitative estimate of drug-likeness (QED) is 0.805. The highest BCUT2D eigenvalue weighted by molar-refractivity contribution is 7.99. The lowest BCUT2D eigenvalue weighted by atomic mass is 9.87. The number of hydrogen-bond acceptors (Lipinski definition) is 6. The molecule has 1 fully saturated rings. The van der Waals surface area contributed by atoms with Gasteiger partial charge >= 0.3 is 0 Å². The van der Waals surface area contributed by atoms with E-state index in [0.717, 1.165) is 29.9 Å². The Bertz CT molecular complexity index is 1130. The van der Waals surface area contributed by atoms with Crippen molar-refractivity contribution in [3.05, 3.63) is 59.2 Å². The third-order valence-corrected chi connectivity index (χ3v) is 7.30. The Morgan fingerprint density at radius 1 is 1.00 bits per heavy atom. The highest BCUT2D eigenvalue weighted by atomic mass is 32.2. The molecule has 2 N–H and O–H groups in total. The van der Waals surface area contributed by atoms with Crippen LogP contribution in [0.4, 0.5) is 5.69 Å². The highest BCUT2D eigenvalue weighted by Crippen LogP contribution is 2.37. The fourth-order valence-corrected chi connectivity index (χ4v) is 5.78. The molecule has 2 aromatic carbocycles. The fraction of sp³-hybridized carbons (Fsp3) is 0.286. The van der Waals surface area contributed by atoms with Crippen LogP contribution in [0.2, 0.25) is 0 Å². The number of ketones is 2. The molecule has 2 aliphatic rings. The van der Waals surface area contributed by atoms with Gasteiger partial charge in [-0.25, -0.2) is 18.5 Å². The van der Waals surface area contributed by atoms with Crippen molar-refractivity contribution in [3.8, 4) is 0 Å². The first kappa shape index (κ1) is 20.0. The number of para-hydroxylation sites is 1. The van der Waals surface area contributed by atoms with Crippen molar-refractivity contribution in [3.63, 3.8) is 0 Å². The van der Waals surface area contributed by atoms with Crippen molar-refractivity contribution >= 4 is 44.8 Å². The zero-order valence-corrected chi connectivity index (χ0v) is 17.3. The first-order valence-electron chi connectivity index (χ1n) is 9.34. The van der Waals surface area contributed by atoms with E-state index in [1.807, 2.05) is 36.0 Å². The molecule has 0 saturated carbocycles. The number of thioether (sulfide) groups is 1. The van der Waals surface area contributed by atoms with E-state index in [-0.39, 0.29) is 28.2 Å². The summed E-state index contributed by atoms with van der Waals surface area (Å²) in [5, 5.41) is 5.23. The number of fused-ring (bicyclic) bond motifs is 1. The molecule has 4 rings (SSSR count). The molecule has 1 saturated heterocycles. The fourth-order valence-electron chi connectivity index (χ4n) is 3.90. The third-order valence-electron chi connectivity index (χ3n) is 5.30. The van der Waals surface area contributed by atoms with Crippen LogP contribution in [0.15, 0.2) is 52.4 Å². The first-order chi connectivity index (χ1) is 13.9. The Morgan fingerprint density at radius 3 is 2.45 bits per heavy atom. The molecule has 1 aliphatic carbocycles. The monoisotopic (exact) mass is 428 g/mol. The average Bonchev–Trinajstić information content (AvgIpc) is 2.72. The van der Waals surface area contributed by atoms with Crippen LogP contribution in [0.25, 0.3) is 0 Å². The number of nitrogens with zero attached hydrogens (tertiary/aromatic N) is 1. The molecule has 0 radical (unpaired) electrons. The number of carbonyl (C=O) groups is 2. The van der Waals surface area contributed by atoms with Crippen LogP contribution in [-0.4, -0.2) is 37.2 Å². The summed E-state index contributed by atoms with van der Waals surface area (Å²) >= 11 is 1.94. The lowest BCUT2D eigenvalue weighted by Gasteiger charge is -2.23. The van der Waals surface area contributed by atoms with Crippen LogP contribution in [0.3, 0.4) is 0 Å². The summed E-state index contributed by atoms with van der Waals surface area (Å²) in [6.45, 7) is 0. The van der Waals surface area contributed by atoms with Crippen molar-refractivity contribution < 1.29 is 18.0 Å². The summed E-state index contributed by atoms with van der Waals surface area (Å²) in [6.07, 6.45) is 1.87. The van der Waals surface area contributed by atoms with Gasteiger partial charge in [0.05, 0.1) is 22.7 Å². The predicted molar refractivity (Wildman–Crippen MR) is 114 cm³/mol. The average molecular weight is 429 g/mol. The minimum atomic E-state index is -4.11. The van der Waals surface area contributed by atoms with Crippen molar-refractivity contribution in [1.82, 2.24) is 0 Å². The Balaban J connectivity index is 1.77. The molecule has 2 aromatic rings. The van der Waals surface area contributed by atoms with Gasteiger partial charge in [0.25, 0.3) is 0 Å². The molecule has 0 bridgehead atoms. The number of Topliss-reactive ketones (excluding diaryl/α,β-unsaturated/α-hetero) is 2. The van der Waals surface area contributed by atoms with Crippen LogP contribution in [-0.2, 0) is 10.0 Å². The van der Waals surface area contributed by atoms with E-state index >= 15 is 0 Å². The zero-order chi connectivity index (χ0) is 20.6. The maximum atomic E-state index is 13.0. The molecule has 0 amide bonds. The Labute approximate surface area is 173 Å². The maximum Gasteiger partial charge on any atom is 0.238 e. The van der Waals surface area contributed by atoms with Gasteiger partial charge in [0.15, 0.2) is 5.78 Å². The Morgan fingerprint density at radius 2 is 1.72 bits per heavy atom. The van der Waals surface area contributed by atoms with E-state index in [4.69, 9.17) is 5.14 Å². The lowest BCUT2D eigenvalue weighted by Crippen LogP contribution is -2.30. The van der Waals surface area contributed by atoms with Gasteiger partial charge in [-0.15, -0.1) is 0 Å². The van der Waals surface area contributed by atoms with E-state index in [1.54, 1.807) is 0 Å². The smallest absolute Gasteiger partial charge is 0.238 e. The van der Waals surface area contributed by atoms with Crippen molar-refractivity contribution in [2.45, 2.75) is 30.1 Å². The molecular formula is C21H20N2O4S2. The summed E-state index contributed by atoms with van der Waals surface area (Å²) in [6, 6.07) is 11.8. The minimum absolute atomic E-state index is 0.0399. The second-order valence-corrected chi connectivity index (χ2v) is 9.91. The summed E-state index contributed by atoms with van der Waals surface area (Å²) in [5.41, 5.74) is 1.83. The SMILES string of the molecule is NS(=O)(=O)c1cccc2c1C(=O)CC(=Nc1ccccc1C1CCSCC1)C2=O. The summed E-state index contributed by atoms with van der Waals surface area (Å²) in [4.78, 5) is 30.0. The molecule has 0 spiro atoms. The van der Waals surface area contributed by atoms with Crippen LogP contribution in [0.1, 0.15) is 51.5 Å². The van der Waals surface area contributed by atoms with Crippen molar-refractivity contribution in [1.29, 1.82) is 0 Å². The van der Waals surface area contributed by atoms with Crippen molar-refractivity contribution in [2.24, 2.45) is 10.1 Å². The molecule has 0 atom stereocenters. The number of benzene rings is 2. The van der Waals surface area contributed by atoms with Crippen molar-refractivity contribution in [2.75, 3.05) is 11.5 Å². The number of sulfonamides is 1. The highest BCUT2D eigenvalue weighted by Gasteiger charge is 2.34. The van der Waals surface area contributed by atoms with Crippen LogP contribution in [0, 0.1) is 0 Å². The predicted octanol–water partition coefficient (Wildman–Crippen LogP) is 3.49. The minimum Gasteiger partial charge on any atom is -0.294 e. The van der Waals surface area contributed by atoms with E-state index < -0.39 is 21.6 Å². The van der Waals surface area contributed by atoms with E-state index in [1.165, 1.54) is 18.2 Å². The van der Waals surface area contributed by atoms with Gasteiger partial charge in [-0.05, 0) is 48.0 Å². The van der Waals surface area contributed by atoms with Gasteiger partial charge in [-0.3, -0.25) is 9.59 Å². The molecule has 29 heavy (non-hydrogen) atoms. The first-order valence-corrected chi connectivity index (χ1v) is 12.0. The van der Waals surface area contributed by atoms with Crippen LogP contribution >= 0.6 is 11.8 Å². The van der Waals surface area contributed by atoms with Gasteiger partial charge in [-0.1, -0.05) is 30.3 Å². The molecule has 6 nitrogen and oxygen atoms in total. The largest absolute Gasteiger partial charge is 0.294 e. The van der Waals surface area contributed by atoms with Crippen LogP contribution < -0.4 is 5.14 Å². The lowest BCUT2D eigenvalue weighted by molar-refractivity contribution is 0.0962. The summed E-state index contributed by atoms with van der Waals surface area (Å²) in [5.74, 6) is 1.68.